The third-order valence-corrected chi connectivity index (χ3v) is 4.38. The van der Waals surface area contributed by atoms with Crippen LogP contribution in [0.1, 0.15) is 30.5 Å². The van der Waals surface area contributed by atoms with Crippen molar-refractivity contribution in [1.29, 1.82) is 0 Å². The van der Waals surface area contributed by atoms with Crippen molar-refractivity contribution in [2.75, 3.05) is 0 Å². The molecule has 0 N–H and O–H groups in total. The van der Waals surface area contributed by atoms with Crippen LogP contribution in [0.15, 0.2) is 36.5 Å². The summed E-state index contributed by atoms with van der Waals surface area (Å²) in [5, 5.41) is 2.42. The van der Waals surface area contributed by atoms with Crippen molar-refractivity contribution in [2.45, 2.75) is 34.1 Å². The van der Waals surface area contributed by atoms with Crippen LogP contribution in [0.5, 0.6) is 11.5 Å². The van der Waals surface area contributed by atoms with Gasteiger partial charge >= 0.3 is 0 Å². The van der Waals surface area contributed by atoms with Gasteiger partial charge in [0.25, 0.3) is 0 Å². The molecule has 4 rings (SSSR count). The van der Waals surface area contributed by atoms with Gasteiger partial charge in [0.05, 0.1) is 0 Å². The molecule has 0 saturated heterocycles. The lowest BCUT2D eigenvalue weighted by atomic mass is 9.92. The van der Waals surface area contributed by atoms with Crippen LogP contribution >= 0.6 is 0 Å². The van der Waals surface area contributed by atoms with Gasteiger partial charge in [-0.3, -0.25) is 4.98 Å². The van der Waals surface area contributed by atoms with E-state index in [1.807, 2.05) is 6.20 Å². The summed E-state index contributed by atoms with van der Waals surface area (Å²) in [5.41, 5.74) is 5.90. The largest absolute Gasteiger partial charge is 0.454 e. The Labute approximate surface area is 137 Å². The Balaban J connectivity index is 2.05. The minimum Gasteiger partial charge on any atom is -0.454 e. The average molecular weight is 303 g/mol. The van der Waals surface area contributed by atoms with Crippen LogP contribution in [0, 0.1) is 19.8 Å². The second-order valence-electron chi connectivity index (χ2n) is 7.02. The fourth-order valence-electron chi connectivity index (χ4n) is 3.54. The lowest BCUT2D eigenvalue weighted by molar-refractivity contribution is 0.472. The minimum atomic E-state index is 0.585. The van der Waals surface area contributed by atoms with Crippen molar-refractivity contribution in [3.63, 3.8) is 0 Å². The highest BCUT2D eigenvalue weighted by molar-refractivity contribution is 6.04. The number of aryl methyl sites for hydroxylation is 2. The Bertz CT molecular complexity index is 920. The summed E-state index contributed by atoms with van der Waals surface area (Å²) < 4.78 is 6.34. The van der Waals surface area contributed by atoms with E-state index >= 15 is 0 Å². The third kappa shape index (κ3) is 2.29. The molecule has 0 amide bonds. The lowest BCUT2D eigenvalue weighted by Gasteiger charge is -2.24. The van der Waals surface area contributed by atoms with Crippen LogP contribution in [0.4, 0.5) is 0 Å². The van der Waals surface area contributed by atoms with Gasteiger partial charge in [-0.15, -0.1) is 0 Å². The molecule has 2 heterocycles. The summed E-state index contributed by atoms with van der Waals surface area (Å²) in [6.07, 6.45) is 2.91. The SMILES string of the molecule is Cc1cc2c3c(cc(C)cc3c1)-c1nccc(CC(C)C)c1O2. The summed E-state index contributed by atoms with van der Waals surface area (Å²) >= 11 is 0. The van der Waals surface area contributed by atoms with Crippen molar-refractivity contribution in [3.8, 4) is 22.8 Å². The Morgan fingerprint density at radius 2 is 1.78 bits per heavy atom. The maximum Gasteiger partial charge on any atom is 0.156 e. The quantitative estimate of drug-likeness (QED) is 0.465. The summed E-state index contributed by atoms with van der Waals surface area (Å²) in [6.45, 7) is 8.73. The summed E-state index contributed by atoms with van der Waals surface area (Å²) in [4.78, 5) is 4.65. The molecule has 0 saturated carbocycles. The topological polar surface area (TPSA) is 22.1 Å². The first-order valence-corrected chi connectivity index (χ1v) is 8.24. The van der Waals surface area contributed by atoms with Crippen LogP contribution in [-0.4, -0.2) is 4.98 Å². The number of pyridine rings is 1. The van der Waals surface area contributed by atoms with Crippen LogP contribution in [0.2, 0.25) is 0 Å². The zero-order chi connectivity index (χ0) is 16.1. The zero-order valence-electron chi connectivity index (χ0n) is 14.1. The Kier molecular flexibility index (Phi) is 3.15. The molecular formula is C21H21NO. The van der Waals surface area contributed by atoms with E-state index in [1.165, 1.54) is 33.0 Å². The molecular weight excluding hydrogens is 282 g/mol. The van der Waals surface area contributed by atoms with Crippen LogP contribution in [0.3, 0.4) is 0 Å². The smallest absolute Gasteiger partial charge is 0.156 e. The second kappa shape index (κ2) is 5.09. The number of hydrogen-bond acceptors (Lipinski definition) is 2. The number of aromatic nitrogens is 1. The van der Waals surface area contributed by atoms with E-state index in [1.54, 1.807) is 0 Å². The molecule has 1 aromatic heterocycles. The molecule has 2 nitrogen and oxygen atoms in total. The molecule has 0 atom stereocenters. The number of benzene rings is 2. The van der Waals surface area contributed by atoms with Crippen molar-refractivity contribution >= 4 is 10.8 Å². The number of ether oxygens (including phenoxy) is 1. The first-order chi connectivity index (χ1) is 11.0. The Morgan fingerprint density at radius 3 is 2.52 bits per heavy atom. The van der Waals surface area contributed by atoms with Gasteiger partial charge in [0.2, 0.25) is 0 Å². The normalized spacial score (nSPS) is 12.4. The predicted octanol–water partition coefficient (Wildman–Crippen LogP) is 5.82. The molecule has 1 aliphatic rings. The van der Waals surface area contributed by atoms with E-state index in [9.17, 15) is 0 Å². The van der Waals surface area contributed by atoms with Crippen molar-refractivity contribution in [2.24, 2.45) is 5.92 Å². The first-order valence-electron chi connectivity index (χ1n) is 8.24. The average Bonchev–Trinajstić information content (AvgIpc) is 2.46. The van der Waals surface area contributed by atoms with E-state index in [2.05, 4.69) is 63.0 Å². The molecule has 0 radical (unpaired) electrons. The molecule has 2 heteroatoms. The Hall–Kier alpha value is -2.35. The van der Waals surface area contributed by atoms with Gasteiger partial charge in [-0.05, 0) is 66.5 Å². The maximum atomic E-state index is 6.34. The maximum absolute atomic E-state index is 6.34. The van der Waals surface area contributed by atoms with E-state index in [-0.39, 0.29) is 0 Å². The van der Waals surface area contributed by atoms with Gasteiger partial charge in [0, 0.05) is 17.1 Å². The number of nitrogens with zero attached hydrogens (tertiary/aromatic N) is 1. The predicted molar refractivity (Wildman–Crippen MR) is 95.3 cm³/mol. The molecule has 2 aromatic carbocycles. The summed E-state index contributed by atoms with van der Waals surface area (Å²) in [7, 11) is 0. The number of fused-ring (bicyclic) bond motifs is 2. The molecule has 0 fully saturated rings. The van der Waals surface area contributed by atoms with Gasteiger partial charge in [0.1, 0.15) is 11.4 Å². The zero-order valence-corrected chi connectivity index (χ0v) is 14.1. The Morgan fingerprint density at radius 1 is 1.04 bits per heavy atom. The molecule has 3 aromatic rings. The lowest BCUT2D eigenvalue weighted by Crippen LogP contribution is -2.05. The highest BCUT2D eigenvalue weighted by atomic mass is 16.5. The van der Waals surface area contributed by atoms with Gasteiger partial charge in [-0.25, -0.2) is 0 Å². The monoisotopic (exact) mass is 303 g/mol. The van der Waals surface area contributed by atoms with E-state index in [0.717, 1.165) is 23.6 Å². The number of hydrogen-bond donors (Lipinski definition) is 0. The second-order valence-corrected chi connectivity index (χ2v) is 7.02. The van der Waals surface area contributed by atoms with E-state index in [0.29, 0.717) is 5.92 Å². The van der Waals surface area contributed by atoms with Gasteiger partial charge < -0.3 is 4.74 Å². The highest BCUT2D eigenvalue weighted by Gasteiger charge is 2.24. The standard InChI is InChI=1S/C21H21NO/c1-12(2)7-15-5-6-22-20-17-10-13(3)8-16-9-14(4)11-18(19(16)17)23-21(15)20/h5-6,8-12H,7H2,1-4H3. The summed E-state index contributed by atoms with van der Waals surface area (Å²) in [6, 6.07) is 10.9. The van der Waals surface area contributed by atoms with Gasteiger partial charge in [-0.1, -0.05) is 26.0 Å². The van der Waals surface area contributed by atoms with Crippen LogP contribution in [0.25, 0.3) is 22.0 Å². The van der Waals surface area contributed by atoms with Crippen molar-refractivity contribution in [3.05, 3.63) is 53.2 Å². The molecule has 23 heavy (non-hydrogen) atoms. The van der Waals surface area contributed by atoms with Gasteiger partial charge in [0.15, 0.2) is 5.75 Å². The third-order valence-electron chi connectivity index (χ3n) is 4.38. The molecule has 0 spiro atoms. The van der Waals surface area contributed by atoms with Crippen LogP contribution in [-0.2, 0) is 6.42 Å². The van der Waals surface area contributed by atoms with Crippen molar-refractivity contribution in [1.82, 2.24) is 4.98 Å². The molecule has 0 unspecified atom stereocenters. The van der Waals surface area contributed by atoms with E-state index < -0.39 is 0 Å². The fourth-order valence-corrected chi connectivity index (χ4v) is 3.54. The summed E-state index contributed by atoms with van der Waals surface area (Å²) in [5.74, 6) is 2.48. The molecule has 1 aliphatic heterocycles. The molecule has 0 aliphatic carbocycles. The van der Waals surface area contributed by atoms with Crippen molar-refractivity contribution < 1.29 is 4.74 Å². The first kappa shape index (κ1) is 14.3. The van der Waals surface area contributed by atoms with Crippen LogP contribution < -0.4 is 4.74 Å². The highest BCUT2D eigenvalue weighted by Crippen LogP contribution is 2.47. The number of rotatable bonds is 2. The van der Waals surface area contributed by atoms with Gasteiger partial charge in [-0.2, -0.15) is 0 Å². The van der Waals surface area contributed by atoms with E-state index in [4.69, 9.17) is 4.74 Å². The minimum absolute atomic E-state index is 0.585. The fraction of sp³-hybridized carbons (Fsp3) is 0.286. The molecule has 0 bridgehead atoms. The molecule has 116 valence electrons.